The van der Waals surface area contributed by atoms with Gasteiger partial charge < -0.3 is 10.1 Å². The Labute approximate surface area is 216 Å². The number of nitrogens with one attached hydrogen (secondary N) is 1. The zero-order chi connectivity index (χ0) is 27.4. The third-order valence-electron chi connectivity index (χ3n) is 5.65. The van der Waals surface area contributed by atoms with Crippen LogP contribution in [0.25, 0.3) is 0 Å². The molecule has 3 aromatic rings. The smallest absolute Gasteiger partial charge is 0.433 e. The van der Waals surface area contributed by atoms with Gasteiger partial charge in [-0.25, -0.2) is 14.4 Å². The third-order valence-corrected chi connectivity index (χ3v) is 5.90. The molecule has 6 nitrogen and oxygen atoms in total. The van der Waals surface area contributed by atoms with Crippen LogP contribution in [0, 0.1) is 17.1 Å². The summed E-state index contributed by atoms with van der Waals surface area (Å²) in [6, 6.07) is 12.9. The minimum Gasteiger partial charge on any atom is -0.461 e. The second kappa shape index (κ2) is 11.1. The van der Waals surface area contributed by atoms with E-state index < -0.39 is 47.0 Å². The maximum Gasteiger partial charge on any atom is 0.433 e. The summed E-state index contributed by atoms with van der Waals surface area (Å²) in [5, 5.41) is 12.6. The highest BCUT2D eigenvalue weighted by Gasteiger charge is 2.36. The maximum absolute atomic E-state index is 14.3. The van der Waals surface area contributed by atoms with Crippen molar-refractivity contribution in [2.24, 2.45) is 0 Å². The van der Waals surface area contributed by atoms with Crippen molar-refractivity contribution in [3.05, 3.63) is 88.1 Å². The quantitative estimate of drug-likeness (QED) is 0.366. The van der Waals surface area contributed by atoms with Gasteiger partial charge in [-0.1, -0.05) is 23.7 Å². The Morgan fingerprint density at radius 2 is 1.81 bits per heavy atom. The van der Waals surface area contributed by atoms with Gasteiger partial charge in [0.05, 0.1) is 11.6 Å². The van der Waals surface area contributed by atoms with Crippen molar-refractivity contribution >= 4 is 17.5 Å². The van der Waals surface area contributed by atoms with Gasteiger partial charge in [-0.05, 0) is 68.7 Å². The minimum atomic E-state index is -4.70. The molecule has 1 amide bonds. The van der Waals surface area contributed by atoms with E-state index in [9.17, 15) is 27.6 Å². The zero-order valence-electron chi connectivity index (χ0n) is 20.1. The van der Waals surface area contributed by atoms with Crippen molar-refractivity contribution < 1.29 is 27.1 Å². The second-order valence-electron chi connectivity index (χ2n) is 8.94. The summed E-state index contributed by atoms with van der Waals surface area (Å²) in [6.07, 6.45) is -3.63. The van der Waals surface area contributed by atoms with E-state index in [1.54, 1.807) is 37.3 Å². The van der Waals surface area contributed by atoms with Crippen molar-refractivity contribution in [3.8, 4) is 11.9 Å². The van der Waals surface area contributed by atoms with Crippen LogP contribution in [-0.4, -0.2) is 27.5 Å². The molecule has 2 unspecified atom stereocenters. The fourth-order valence-electron chi connectivity index (χ4n) is 3.69. The lowest BCUT2D eigenvalue weighted by Gasteiger charge is -2.30. The van der Waals surface area contributed by atoms with Crippen molar-refractivity contribution in [2.75, 3.05) is 0 Å². The highest BCUT2D eigenvalue weighted by atomic mass is 35.5. The number of hydrogen-bond donors (Lipinski definition) is 1. The molecule has 0 saturated heterocycles. The average molecular weight is 535 g/mol. The molecule has 2 aromatic carbocycles. The molecular formula is C26H23ClF4N4O2. The highest BCUT2D eigenvalue weighted by molar-refractivity contribution is 6.30. The first-order valence-corrected chi connectivity index (χ1v) is 11.5. The number of rotatable bonds is 8. The predicted molar refractivity (Wildman–Crippen MR) is 128 cm³/mol. The van der Waals surface area contributed by atoms with E-state index in [-0.39, 0.29) is 5.56 Å². The molecule has 0 aliphatic rings. The van der Waals surface area contributed by atoms with E-state index in [1.165, 1.54) is 19.9 Å². The third kappa shape index (κ3) is 7.40. The summed E-state index contributed by atoms with van der Waals surface area (Å²) >= 11 is 5.98. The van der Waals surface area contributed by atoms with E-state index in [2.05, 4.69) is 15.3 Å². The first kappa shape index (κ1) is 27.9. The van der Waals surface area contributed by atoms with Gasteiger partial charge >= 0.3 is 6.18 Å². The molecule has 0 aliphatic heterocycles. The van der Waals surface area contributed by atoms with Crippen LogP contribution in [0.1, 0.15) is 49.1 Å². The van der Waals surface area contributed by atoms with Crippen LogP contribution in [0.2, 0.25) is 5.02 Å². The molecule has 0 spiro atoms. The SMILES string of the molecule is CC(NC(=O)C(C)(C)Oc1cc(C(F)(F)F)ncn1)C(Cc1ccc(Cl)cc1)c1cc(F)cc(C#N)c1. The van der Waals surface area contributed by atoms with Crippen LogP contribution in [0.5, 0.6) is 5.88 Å². The predicted octanol–water partition coefficient (Wildman–Crippen LogP) is 5.85. The standard InChI is InChI=1S/C26H23ClF4N4O2/c1-15(35-24(36)25(2,3)37-23-12-22(26(29,30)31)33-14-34-23)21(10-16-4-6-19(27)7-5-16)18-8-17(13-32)9-20(28)11-18/h4-9,11-12,14-15,21H,10H2,1-3H3,(H,35,36). The van der Waals surface area contributed by atoms with E-state index in [1.807, 2.05) is 6.07 Å². The summed E-state index contributed by atoms with van der Waals surface area (Å²) in [4.78, 5) is 20.0. The van der Waals surface area contributed by atoms with Crippen molar-refractivity contribution in [3.63, 3.8) is 0 Å². The number of nitrogens with zero attached hydrogens (tertiary/aromatic N) is 3. The Morgan fingerprint density at radius 1 is 1.14 bits per heavy atom. The molecule has 0 bridgehead atoms. The molecule has 11 heteroatoms. The van der Waals surface area contributed by atoms with E-state index in [0.29, 0.717) is 29.4 Å². The number of ether oxygens (including phenoxy) is 1. The molecule has 0 saturated carbocycles. The fraction of sp³-hybridized carbons (Fsp3) is 0.308. The molecule has 0 radical (unpaired) electrons. The van der Waals surface area contributed by atoms with Gasteiger partial charge in [0.1, 0.15) is 12.1 Å². The number of aromatic nitrogens is 2. The minimum absolute atomic E-state index is 0.127. The van der Waals surface area contributed by atoms with Crippen LogP contribution >= 0.6 is 11.6 Å². The summed E-state index contributed by atoms with van der Waals surface area (Å²) in [6.45, 7) is 4.47. The molecule has 194 valence electrons. The topological polar surface area (TPSA) is 87.9 Å². The number of benzene rings is 2. The summed E-state index contributed by atoms with van der Waals surface area (Å²) < 4.78 is 58.7. The van der Waals surface area contributed by atoms with Crippen LogP contribution in [-0.2, 0) is 17.4 Å². The zero-order valence-corrected chi connectivity index (χ0v) is 20.9. The van der Waals surface area contributed by atoms with E-state index in [0.717, 1.165) is 11.6 Å². The Hall–Kier alpha value is -3.71. The lowest BCUT2D eigenvalue weighted by Crippen LogP contribution is -2.51. The van der Waals surface area contributed by atoms with Crippen molar-refractivity contribution in [1.29, 1.82) is 5.26 Å². The molecule has 1 aromatic heterocycles. The number of carbonyl (C=O) groups excluding carboxylic acids is 1. The lowest BCUT2D eigenvalue weighted by molar-refractivity contribution is -0.141. The molecule has 3 rings (SSSR count). The van der Waals surface area contributed by atoms with Gasteiger partial charge in [-0.2, -0.15) is 18.4 Å². The van der Waals surface area contributed by atoms with Gasteiger partial charge in [0, 0.05) is 23.0 Å². The van der Waals surface area contributed by atoms with Crippen LogP contribution in [0.4, 0.5) is 17.6 Å². The number of hydrogen-bond acceptors (Lipinski definition) is 5. The molecule has 1 N–H and O–H groups in total. The van der Waals surface area contributed by atoms with Crippen LogP contribution < -0.4 is 10.1 Å². The molecule has 0 fully saturated rings. The lowest BCUT2D eigenvalue weighted by atomic mass is 9.85. The highest BCUT2D eigenvalue weighted by Crippen LogP contribution is 2.30. The monoisotopic (exact) mass is 534 g/mol. The molecular weight excluding hydrogens is 512 g/mol. The Bertz CT molecular complexity index is 1310. The number of amides is 1. The van der Waals surface area contributed by atoms with Gasteiger partial charge in [0.2, 0.25) is 5.88 Å². The second-order valence-corrected chi connectivity index (χ2v) is 9.37. The van der Waals surface area contributed by atoms with Crippen LogP contribution in [0.3, 0.4) is 0 Å². The van der Waals surface area contributed by atoms with Gasteiger partial charge in [0.15, 0.2) is 11.3 Å². The summed E-state index contributed by atoms with van der Waals surface area (Å²) in [7, 11) is 0. The molecule has 37 heavy (non-hydrogen) atoms. The molecule has 2 atom stereocenters. The molecule has 0 aliphatic carbocycles. The van der Waals surface area contributed by atoms with Crippen LogP contribution in [0.15, 0.2) is 54.9 Å². The Morgan fingerprint density at radius 3 is 2.43 bits per heavy atom. The summed E-state index contributed by atoms with van der Waals surface area (Å²) in [5.41, 5.74) is -1.35. The van der Waals surface area contributed by atoms with Gasteiger partial charge in [0.25, 0.3) is 5.91 Å². The van der Waals surface area contributed by atoms with E-state index in [4.69, 9.17) is 16.3 Å². The first-order chi connectivity index (χ1) is 17.3. The van der Waals surface area contributed by atoms with Crippen molar-refractivity contribution in [1.82, 2.24) is 15.3 Å². The maximum atomic E-state index is 14.3. The Balaban J connectivity index is 1.85. The van der Waals surface area contributed by atoms with E-state index >= 15 is 0 Å². The summed E-state index contributed by atoms with van der Waals surface area (Å²) in [5.74, 6) is -2.12. The number of alkyl halides is 3. The van der Waals surface area contributed by atoms with Crippen molar-refractivity contribution in [2.45, 2.75) is 50.9 Å². The Kier molecular flexibility index (Phi) is 8.39. The average Bonchev–Trinajstić information content (AvgIpc) is 2.82. The first-order valence-electron chi connectivity index (χ1n) is 11.1. The largest absolute Gasteiger partial charge is 0.461 e. The number of halogens is 5. The fourth-order valence-corrected chi connectivity index (χ4v) is 3.81. The number of nitriles is 1. The normalized spacial score (nSPS) is 13.4. The molecule has 1 heterocycles. The van der Waals surface area contributed by atoms with Gasteiger partial charge in [-0.3, -0.25) is 4.79 Å². The number of carbonyl (C=O) groups is 1. The van der Waals surface area contributed by atoms with Gasteiger partial charge in [-0.15, -0.1) is 0 Å².